The minimum absolute atomic E-state index is 0.00731. The summed E-state index contributed by atoms with van der Waals surface area (Å²) < 4.78 is 5.92. The molecule has 31 heavy (non-hydrogen) atoms. The minimum Gasteiger partial charge on any atom is -0.503 e. The zero-order valence-corrected chi connectivity index (χ0v) is 19.8. The number of anilines is 1. The Bertz CT molecular complexity index is 1100. The molecule has 0 aromatic heterocycles. The van der Waals surface area contributed by atoms with E-state index in [2.05, 4.69) is 42.5 Å². The maximum absolute atomic E-state index is 12.7. The monoisotopic (exact) mass is 551 g/mol. The molecule has 8 nitrogen and oxygen atoms in total. The first-order valence-corrected chi connectivity index (χ1v) is 10.8. The Balaban J connectivity index is 1.80. The van der Waals surface area contributed by atoms with Gasteiger partial charge in [-0.25, -0.2) is 9.69 Å². The van der Waals surface area contributed by atoms with Gasteiger partial charge in [0.2, 0.25) is 5.91 Å². The number of urea groups is 1. The maximum Gasteiger partial charge on any atom is 0.329 e. The summed E-state index contributed by atoms with van der Waals surface area (Å²) in [5.41, 5.74) is 2.06. The van der Waals surface area contributed by atoms with E-state index in [-0.39, 0.29) is 17.2 Å². The quantitative estimate of drug-likeness (QED) is 0.370. The van der Waals surface area contributed by atoms with Gasteiger partial charge in [0, 0.05) is 10.2 Å². The van der Waals surface area contributed by atoms with Crippen molar-refractivity contribution in [2.75, 3.05) is 19.0 Å². The van der Waals surface area contributed by atoms with Crippen LogP contribution in [0, 0.1) is 0 Å². The lowest BCUT2D eigenvalue weighted by Crippen LogP contribution is -2.38. The maximum atomic E-state index is 12.7. The molecule has 3 N–H and O–H groups in total. The van der Waals surface area contributed by atoms with Gasteiger partial charge < -0.3 is 20.5 Å². The lowest BCUT2D eigenvalue weighted by atomic mass is 10.1. The second-order valence-electron chi connectivity index (χ2n) is 6.58. The Hall–Kier alpha value is -2.85. The van der Waals surface area contributed by atoms with E-state index in [0.29, 0.717) is 20.2 Å². The number of nitrogens with one attached hydrogen (secondary N) is 2. The number of halogens is 2. The van der Waals surface area contributed by atoms with Crippen LogP contribution in [0.4, 0.5) is 10.5 Å². The molecule has 1 aliphatic rings. The number of hydrogen-bond donors (Lipinski definition) is 3. The number of aromatic hydroxyl groups is 1. The van der Waals surface area contributed by atoms with Gasteiger partial charge in [0.15, 0.2) is 11.5 Å². The van der Waals surface area contributed by atoms with Gasteiger partial charge in [-0.15, -0.1) is 0 Å². The molecule has 1 saturated heterocycles. The lowest BCUT2D eigenvalue weighted by Gasteiger charge is -2.13. The fraction of sp³-hybridized carbons (Fsp3) is 0.190. The second-order valence-corrected chi connectivity index (χ2v) is 8.17. The number of nitrogens with zero attached hydrogens (tertiary/aromatic N) is 1. The zero-order valence-electron chi connectivity index (χ0n) is 16.7. The average Bonchev–Trinajstić information content (AvgIpc) is 3.01. The Morgan fingerprint density at radius 3 is 2.65 bits per heavy atom. The zero-order chi connectivity index (χ0) is 22.7. The van der Waals surface area contributed by atoms with Crippen LogP contribution >= 0.6 is 31.9 Å². The van der Waals surface area contributed by atoms with Crippen LogP contribution in [0.3, 0.4) is 0 Å². The minimum atomic E-state index is -0.698. The smallest absolute Gasteiger partial charge is 0.329 e. The van der Waals surface area contributed by atoms with Crippen molar-refractivity contribution in [2.45, 2.75) is 13.3 Å². The molecule has 0 bridgehead atoms. The first-order chi connectivity index (χ1) is 14.8. The topological polar surface area (TPSA) is 108 Å². The molecule has 3 rings (SSSR count). The molecule has 0 aliphatic carbocycles. The van der Waals surface area contributed by atoms with Gasteiger partial charge >= 0.3 is 6.03 Å². The highest BCUT2D eigenvalue weighted by Crippen LogP contribution is 2.42. The predicted molar refractivity (Wildman–Crippen MR) is 123 cm³/mol. The summed E-state index contributed by atoms with van der Waals surface area (Å²) in [5.74, 6) is -1.05. The molecular weight excluding hydrogens is 534 g/mol. The number of carbonyl (C=O) groups is 3. The molecule has 2 aromatic carbocycles. The number of phenolic OH excluding ortho intramolecular Hbond substituents is 1. The third-order valence-corrected chi connectivity index (χ3v) is 6.79. The number of hydrogen-bond acceptors (Lipinski definition) is 5. The predicted octanol–water partition coefficient (Wildman–Crippen LogP) is 4.02. The molecular formula is C21H19Br2N3O5. The summed E-state index contributed by atoms with van der Waals surface area (Å²) in [6, 6.07) is 8.14. The first kappa shape index (κ1) is 22.8. The van der Waals surface area contributed by atoms with Crippen LogP contribution in [0.2, 0.25) is 0 Å². The molecule has 162 valence electrons. The summed E-state index contributed by atoms with van der Waals surface area (Å²) in [6.07, 6.45) is 2.16. The summed E-state index contributed by atoms with van der Waals surface area (Å²) in [7, 11) is 1.39. The fourth-order valence-corrected chi connectivity index (χ4v) is 3.87. The molecule has 0 unspecified atom stereocenters. The van der Waals surface area contributed by atoms with Crippen LogP contribution < -0.4 is 15.4 Å². The van der Waals surface area contributed by atoms with Crippen LogP contribution in [0.15, 0.2) is 45.0 Å². The van der Waals surface area contributed by atoms with Crippen LogP contribution in [0.25, 0.3) is 6.08 Å². The van der Waals surface area contributed by atoms with E-state index in [1.165, 1.54) is 19.3 Å². The largest absolute Gasteiger partial charge is 0.503 e. The first-order valence-electron chi connectivity index (χ1n) is 9.24. The number of aryl methyl sites for hydroxylation is 1. The van der Waals surface area contributed by atoms with Crippen molar-refractivity contribution in [3.63, 3.8) is 0 Å². The van der Waals surface area contributed by atoms with E-state index < -0.39 is 24.4 Å². The molecule has 0 radical (unpaired) electrons. The van der Waals surface area contributed by atoms with E-state index in [1.54, 1.807) is 12.1 Å². The van der Waals surface area contributed by atoms with Crippen molar-refractivity contribution < 1.29 is 24.2 Å². The van der Waals surface area contributed by atoms with Gasteiger partial charge in [-0.2, -0.15) is 0 Å². The standard InChI is InChI=1S/C21H19Br2N3O5/c1-3-11-6-4-5-7-13(11)24-16(27)10-26-20(29)14(25-21(26)30)8-12-9-15(31-2)19(28)18(23)17(12)22/h4-9,28H,3,10H2,1-2H3,(H,24,27)(H,25,30)/b14-8+. The molecule has 2 aromatic rings. The van der Waals surface area contributed by atoms with Crippen LogP contribution in [-0.4, -0.2) is 41.5 Å². The third kappa shape index (κ3) is 4.75. The number of ether oxygens (including phenoxy) is 1. The van der Waals surface area contributed by atoms with Crippen molar-refractivity contribution in [3.05, 3.63) is 56.1 Å². The summed E-state index contributed by atoms with van der Waals surface area (Å²) in [5, 5.41) is 15.3. The van der Waals surface area contributed by atoms with Gasteiger partial charge in [-0.3, -0.25) is 9.59 Å². The highest BCUT2D eigenvalue weighted by atomic mass is 79.9. The highest BCUT2D eigenvalue weighted by Gasteiger charge is 2.35. The number of imide groups is 1. The number of rotatable bonds is 6. The van der Waals surface area contributed by atoms with Crippen LogP contribution in [-0.2, 0) is 16.0 Å². The average molecular weight is 553 g/mol. The summed E-state index contributed by atoms with van der Waals surface area (Å²) in [6.45, 7) is 1.54. The fourth-order valence-electron chi connectivity index (χ4n) is 3.03. The molecule has 10 heteroatoms. The van der Waals surface area contributed by atoms with Crippen molar-refractivity contribution in [1.82, 2.24) is 10.2 Å². The molecule has 0 spiro atoms. The number of carbonyl (C=O) groups excluding carboxylic acids is 3. The summed E-state index contributed by atoms with van der Waals surface area (Å²) in [4.78, 5) is 38.3. The molecule has 1 fully saturated rings. The van der Waals surface area contributed by atoms with Crippen LogP contribution in [0.1, 0.15) is 18.1 Å². The number of amides is 4. The Kier molecular flexibility index (Phi) is 7.01. The van der Waals surface area contributed by atoms with E-state index in [0.717, 1.165) is 16.9 Å². The lowest BCUT2D eigenvalue weighted by molar-refractivity contribution is -0.127. The van der Waals surface area contributed by atoms with Crippen molar-refractivity contribution >= 4 is 61.5 Å². The number of methoxy groups -OCH3 is 1. The Morgan fingerprint density at radius 2 is 1.97 bits per heavy atom. The SMILES string of the molecule is CCc1ccccc1NC(=O)CN1C(=O)N/C(=C/c2cc(OC)c(O)c(Br)c2Br)C1=O. The van der Waals surface area contributed by atoms with E-state index in [9.17, 15) is 19.5 Å². The normalized spacial score (nSPS) is 14.7. The van der Waals surface area contributed by atoms with Crippen molar-refractivity contribution in [2.24, 2.45) is 0 Å². The van der Waals surface area contributed by atoms with Crippen molar-refractivity contribution in [1.29, 1.82) is 0 Å². The summed E-state index contributed by atoms with van der Waals surface area (Å²) >= 11 is 6.58. The van der Waals surface area contributed by atoms with Gasteiger partial charge in [-0.05, 0) is 67.6 Å². The molecule has 1 heterocycles. The van der Waals surface area contributed by atoms with E-state index in [1.807, 2.05) is 19.1 Å². The van der Waals surface area contributed by atoms with Gasteiger partial charge in [0.25, 0.3) is 5.91 Å². The Labute approximate surface area is 195 Å². The van der Waals surface area contributed by atoms with Gasteiger partial charge in [-0.1, -0.05) is 25.1 Å². The molecule has 0 saturated carbocycles. The van der Waals surface area contributed by atoms with Crippen LogP contribution in [0.5, 0.6) is 11.5 Å². The molecule has 1 aliphatic heterocycles. The third-order valence-electron chi connectivity index (χ3n) is 4.63. The number of benzene rings is 2. The molecule has 0 atom stereocenters. The van der Waals surface area contributed by atoms with Gasteiger partial charge in [0.1, 0.15) is 12.2 Å². The Morgan fingerprint density at radius 1 is 1.26 bits per heavy atom. The number of para-hydroxylation sites is 1. The van der Waals surface area contributed by atoms with E-state index >= 15 is 0 Å². The highest BCUT2D eigenvalue weighted by molar-refractivity contribution is 9.13. The van der Waals surface area contributed by atoms with Gasteiger partial charge in [0.05, 0.1) is 11.6 Å². The molecule has 4 amide bonds. The second kappa shape index (κ2) is 9.52. The van der Waals surface area contributed by atoms with Crippen molar-refractivity contribution in [3.8, 4) is 11.5 Å². The number of phenols is 1. The van der Waals surface area contributed by atoms with E-state index in [4.69, 9.17) is 4.74 Å².